The van der Waals surface area contributed by atoms with Crippen molar-refractivity contribution in [2.24, 2.45) is 0 Å². The molecule has 41 heavy (non-hydrogen) atoms. The van der Waals surface area contributed by atoms with E-state index in [2.05, 4.69) is 9.71 Å². The fourth-order valence-electron chi connectivity index (χ4n) is 4.00. The highest BCUT2D eigenvalue weighted by Gasteiger charge is 2.36. The maximum absolute atomic E-state index is 15.7. The number of carboxylic acid groups (broad SMARTS) is 1. The summed E-state index contributed by atoms with van der Waals surface area (Å²) in [7, 11) is 0. The third kappa shape index (κ3) is 6.97. The number of nitrogens with zero attached hydrogens (tertiary/aromatic N) is 1. The molecule has 0 aliphatic rings. The van der Waals surface area contributed by atoms with E-state index >= 15 is 4.39 Å². The molecule has 0 spiro atoms. The summed E-state index contributed by atoms with van der Waals surface area (Å²) in [6, 6.07) is 7.07. The van der Waals surface area contributed by atoms with Gasteiger partial charge in [0.15, 0.2) is 5.82 Å². The molecule has 1 atom stereocenters. The molecule has 4 rings (SSSR count). The van der Waals surface area contributed by atoms with E-state index in [0.29, 0.717) is 6.26 Å². The summed E-state index contributed by atoms with van der Waals surface area (Å²) in [5, 5.41) is 8.78. The number of aliphatic carboxylic acids is 1. The Kier molecular flexibility index (Phi) is 8.62. The number of fused-ring (bicyclic) bond motifs is 1. The van der Waals surface area contributed by atoms with Gasteiger partial charge in [-0.2, -0.15) is 13.2 Å². The van der Waals surface area contributed by atoms with Gasteiger partial charge in [0.1, 0.15) is 40.3 Å². The zero-order valence-electron chi connectivity index (χ0n) is 22.1. The number of halogens is 5. The van der Waals surface area contributed by atoms with Crippen molar-refractivity contribution in [3.8, 4) is 16.9 Å². The Bertz CT molecular complexity index is 1580. The molecule has 2 N–H and O–H groups in total. The van der Waals surface area contributed by atoms with Gasteiger partial charge in [-0.05, 0) is 50.6 Å². The molecule has 0 aliphatic heterocycles. The van der Waals surface area contributed by atoms with Crippen molar-refractivity contribution in [3.63, 3.8) is 0 Å². The Morgan fingerprint density at radius 1 is 1.12 bits per heavy atom. The first-order chi connectivity index (χ1) is 19.1. The Morgan fingerprint density at radius 3 is 2.51 bits per heavy atom. The SMILES string of the molecule is CC(C)(C)[S@+]([O-])NCc1nccc(-c2cc(COc3cc(F)ccc3CC(=O)O)cc3c(C(F)(F)F)coc23)c1F. The van der Waals surface area contributed by atoms with E-state index in [-0.39, 0.29) is 51.2 Å². The van der Waals surface area contributed by atoms with Crippen LogP contribution in [0.5, 0.6) is 5.75 Å². The lowest BCUT2D eigenvalue weighted by molar-refractivity contribution is -0.137. The van der Waals surface area contributed by atoms with E-state index in [1.807, 2.05) is 0 Å². The number of nitrogens with one attached hydrogen (secondary N) is 1. The minimum absolute atomic E-state index is 0.0281. The summed E-state index contributed by atoms with van der Waals surface area (Å²) in [6.45, 7) is 4.57. The molecule has 2 aromatic carbocycles. The molecule has 4 aromatic rings. The van der Waals surface area contributed by atoms with Crippen LogP contribution in [0.2, 0.25) is 0 Å². The summed E-state index contributed by atoms with van der Waals surface area (Å²) in [6.07, 6.45) is -3.46. The fourth-order valence-corrected chi connectivity index (χ4v) is 4.70. The smallest absolute Gasteiger partial charge is 0.420 e. The second kappa shape index (κ2) is 11.7. The number of furan rings is 1. The highest BCUT2D eigenvalue weighted by Crippen LogP contribution is 2.41. The Balaban J connectivity index is 1.77. The topological polar surface area (TPSA) is 108 Å². The van der Waals surface area contributed by atoms with Crippen molar-refractivity contribution in [2.75, 3.05) is 0 Å². The molecule has 0 unspecified atom stereocenters. The Morgan fingerprint density at radius 2 is 1.85 bits per heavy atom. The molecule has 13 heteroatoms. The predicted molar refractivity (Wildman–Crippen MR) is 141 cm³/mol. The average molecular weight is 597 g/mol. The van der Waals surface area contributed by atoms with Crippen LogP contribution in [0.3, 0.4) is 0 Å². The summed E-state index contributed by atoms with van der Waals surface area (Å²) in [5.74, 6) is -2.85. The van der Waals surface area contributed by atoms with E-state index in [1.165, 1.54) is 24.4 Å². The minimum atomic E-state index is -4.79. The van der Waals surface area contributed by atoms with Crippen LogP contribution in [0.15, 0.2) is 53.3 Å². The second-order valence-electron chi connectivity index (χ2n) is 10.1. The molecule has 2 heterocycles. The minimum Gasteiger partial charge on any atom is -0.598 e. The van der Waals surface area contributed by atoms with Crippen LogP contribution in [0, 0.1) is 11.6 Å². The third-order valence-electron chi connectivity index (χ3n) is 5.98. The van der Waals surface area contributed by atoms with E-state index in [4.69, 9.17) is 14.3 Å². The first kappa shape index (κ1) is 30.3. The quantitative estimate of drug-likeness (QED) is 0.167. The predicted octanol–water partition coefficient (Wildman–Crippen LogP) is 6.55. The van der Waals surface area contributed by atoms with Gasteiger partial charge in [0.2, 0.25) is 0 Å². The Labute approximate surface area is 234 Å². The number of rotatable bonds is 9. The lowest BCUT2D eigenvalue weighted by Gasteiger charge is -2.23. The van der Waals surface area contributed by atoms with Gasteiger partial charge in [-0.15, -0.1) is 4.72 Å². The Hall–Kier alpha value is -3.68. The van der Waals surface area contributed by atoms with Crippen LogP contribution in [0.4, 0.5) is 22.0 Å². The number of ether oxygens (including phenoxy) is 1. The number of carbonyl (C=O) groups is 1. The number of pyridine rings is 1. The molecule has 218 valence electrons. The van der Waals surface area contributed by atoms with Gasteiger partial charge in [-0.1, -0.05) is 6.07 Å². The largest absolute Gasteiger partial charge is 0.598 e. The van der Waals surface area contributed by atoms with Gasteiger partial charge in [-0.3, -0.25) is 9.78 Å². The number of hydrogen-bond donors (Lipinski definition) is 2. The van der Waals surface area contributed by atoms with Gasteiger partial charge < -0.3 is 18.8 Å². The first-order valence-electron chi connectivity index (χ1n) is 12.2. The van der Waals surface area contributed by atoms with Crippen molar-refractivity contribution >= 4 is 28.3 Å². The standard InChI is InChI=1S/C28H25F5N2O5S/c1-27(2,3)41(38)35-12-22-25(30)18(6-7-34-22)19-8-15(9-20-21(28(31,32)33)14-40-26(19)20)13-39-23-11-17(29)5-4-16(23)10-24(36)37/h4-9,11,14,35H,10,12-13H2,1-3H3,(H,36,37)/t41-/m0/s1. The summed E-state index contributed by atoms with van der Waals surface area (Å²) >= 11 is -1.54. The molecular weight excluding hydrogens is 571 g/mol. The van der Waals surface area contributed by atoms with Crippen molar-refractivity contribution in [1.82, 2.24) is 9.71 Å². The molecule has 0 bridgehead atoms. The van der Waals surface area contributed by atoms with Crippen LogP contribution in [-0.2, 0) is 41.9 Å². The van der Waals surface area contributed by atoms with E-state index in [9.17, 15) is 26.9 Å². The van der Waals surface area contributed by atoms with E-state index in [1.54, 1.807) is 20.8 Å². The maximum atomic E-state index is 15.7. The monoisotopic (exact) mass is 596 g/mol. The number of carboxylic acids is 1. The highest BCUT2D eigenvalue weighted by molar-refractivity contribution is 7.90. The van der Waals surface area contributed by atoms with Gasteiger partial charge in [-0.25, -0.2) is 8.78 Å². The number of alkyl halides is 3. The van der Waals surface area contributed by atoms with Crippen LogP contribution < -0.4 is 9.46 Å². The summed E-state index contributed by atoms with van der Waals surface area (Å²) in [5.41, 5.74) is -1.29. The van der Waals surface area contributed by atoms with Gasteiger partial charge in [0.05, 0.1) is 18.7 Å². The van der Waals surface area contributed by atoms with Crippen molar-refractivity contribution in [2.45, 2.75) is 51.3 Å². The maximum Gasteiger partial charge on any atom is 0.420 e. The zero-order chi connectivity index (χ0) is 30.1. The van der Waals surface area contributed by atoms with Crippen LogP contribution in [-0.4, -0.2) is 25.4 Å². The number of hydrogen-bond acceptors (Lipinski definition) is 6. The second-order valence-corrected chi connectivity index (χ2v) is 12.2. The van der Waals surface area contributed by atoms with Gasteiger partial charge >= 0.3 is 12.1 Å². The van der Waals surface area contributed by atoms with Crippen LogP contribution >= 0.6 is 0 Å². The normalized spacial score (nSPS) is 13.0. The van der Waals surface area contributed by atoms with Crippen molar-refractivity contribution in [1.29, 1.82) is 0 Å². The molecule has 0 saturated carbocycles. The molecule has 0 amide bonds. The molecule has 0 radical (unpaired) electrons. The third-order valence-corrected chi connectivity index (χ3v) is 7.50. The molecule has 2 aromatic heterocycles. The first-order valence-corrected chi connectivity index (χ1v) is 13.3. The molecular formula is C28H25F5N2O5S. The molecule has 0 fully saturated rings. The zero-order valence-corrected chi connectivity index (χ0v) is 22.9. The highest BCUT2D eigenvalue weighted by atomic mass is 32.2. The molecule has 7 nitrogen and oxygen atoms in total. The van der Waals surface area contributed by atoms with Crippen LogP contribution in [0.1, 0.15) is 43.2 Å². The van der Waals surface area contributed by atoms with E-state index < -0.39 is 58.5 Å². The lowest BCUT2D eigenvalue weighted by Crippen LogP contribution is -2.39. The van der Waals surface area contributed by atoms with E-state index in [0.717, 1.165) is 18.2 Å². The summed E-state index contributed by atoms with van der Waals surface area (Å²) in [4.78, 5) is 15.2. The lowest BCUT2D eigenvalue weighted by atomic mass is 9.98. The van der Waals surface area contributed by atoms with Crippen molar-refractivity contribution < 1.29 is 45.6 Å². The van der Waals surface area contributed by atoms with Gasteiger partial charge in [0.25, 0.3) is 0 Å². The molecule has 0 saturated heterocycles. The van der Waals surface area contributed by atoms with Crippen LogP contribution in [0.25, 0.3) is 22.1 Å². The van der Waals surface area contributed by atoms with Gasteiger partial charge in [0, 0.05) is 45.7 Å². The fraction of sp³-hybridized carbons (Fsp3) is 0.286. The number of benzene rings is 2. The average Bonchev–Trinajstić information content (AvgIpc) is 3.31. The summed E-state index contributed by atoms with van der Waals surface area (Å²) < 4.78 is 96.3. The number of aromatic nitrogens is 1. The van der Waals surface area contributed by atoms with Crippen molar-refractivity contribution in [3.05, 3.63) is 82.9 Å². The molecule has 0 aliphatic carbocycles.